The van der Waals surface area contributed by atoms with E-state index in [1.165, 1.54) is 6.20 Å². The molecule has 0 amide bonds. The van der Waals surface area contributed by atoms with Gasteiger partial charge in [-0.25, -0.2) is 9.97 Å². The molecule has 5 nitrogen and oxygen atoms in total. The van der Waals surface area contributed by atoms with Gasteiger partial charge in [0.15, 0.2) is 5.82 Å². The average Bonchev–Trinajstić information content (AvgIpc) is 2.71. The van der Waals surface area contributed by atoms with Gasteiger partial charge in [-0.15, -0.1) is 0 Å². The lowest BCUT2D eigenvalue weighted by Crippen LogP contribution is -1.97. The Morgan fingerprint density at radius 1 is 1.31 bits per heavy atom. The Morgan fingerprint density at radius 3 is 2.77 bits per heavy atom. The molecule has 66 valence electrons. The predicted octanol–water partition coefficient (Wildman–Crippen LogP) is 0.155. The number of rotatable bonds is 2. The van der Waals surface area contributed by atoms with Crippen molar-refractivity contribution in [3.8, 4) is 5.82 Å². The first-order valence-corrected chi connectivity index (χ1v) is 3.80. The molecule has 0 unspecified atom stereocenters. The van der Waals surface area contributed by atoms with Crippen molar-refractivity contribution in [3.63, 3.8) is 0 Å². The molecule has 1 N–H and O–H groups in total. The van der Waals surface area contributed by atoms with Gasteiger partial charge in [0, 0.05) is 12.4 Å². The van der Waals surface area contributed by atoms with Gasteiger partial charge in [0.1, 0.15) is 6.33 Å². The SMILES string of the molecule is OCc1cnc(-n2ccnc2)cn1. The van der Waals surface area contributed by atoms with Crippen molar-refractivity contribution < 1.29 is 5.11 Å². The van der Waals surface area contributed by atoms with Gasteiger partial charge in [-0.1, -0.05) is 0 Å². The zero-order chi connectivity index (χ0) is 9.10. The molecule has 0 fully saturated rings. The van der Waals surface area contributed by atoms with Crippen molar-refractivity contribution in [2.45, 2.75) is 6.61 Å². The summed E-state index contributed by atoms with van der Waals surface area (Å²) >= 11 is 0. The number of hydrogen-bond donors (Lipinski definition) is 1. The quantitative estimate of drug-likeness (QED) is 0.707. The minimum atomic E-state index is -0.0861. The van der Waals surface area contributed by atoms with Crippen LogP contribution in [0.1, 0.15) is 5.69 Å². The first-order valence-electron chi connectivity index (χ1n) is 3.80. The lowest BCUT2D eigenvalue weighted by atomic mass is 10.5. The second-order valence-corrected chi connectivity index (χ2v) is 2.49. The van der Waals surface area contributed by atoms with Crippen molar-refractivity contribution in [3.05, 3.63) is 36.8 Å². The molecule has 2 rings (SSSR count). The molecule has 5 heteroatoms. The Bertz CT molecular complexity index is 368. The van der Waals surface area contributed by atoms with E-state index in [0.717, 1.165) is 0 Å². The molecule has 0 saturated carbocycles. The van der Waals surface area contributed by atoms with E-state index in [-0.39, 0.29) is 6.61 Å². The van der Waals surface area contributed by atoms with Crippen LogP contribution in [0.3, 0.4) is 0 Å². The smallest absolute Gasteiger partial charge is 0.156 e. The molecule has 0 aliphatic heterocycles. The van der Waals surface area contributed by atoms with Gasteiger partial charge in [-0.3, -0.25) is 9.55 Å². The molecule has 0 saturated heterocycles. The Morgan fingerprint density at radius 2 is 2.23 bits per heavy atom. The molecule has 2 heterocycles. The van der Waals surface area contributed by atoms with E-state index in [1.807, 2.05) is 0 Å². The summed E-state index contributed by atoms with van der Waals surface area (Å²) in [5, 5.41) is 8.74. The average molecular weight is 176 g/mol. The molecule has 0 aliphatic carbocycles. The van der Waals surface area contributed by atoms with Crippen LogP contribution in [0.2, 0.25) is 0 Å². The maximum Gasteiger partial charge on any atom is 0.156 e. The van der Waals surface area contributed by atoms with Crippen LogP contribution in [-0.4, -0.2) is 24.6 Å². The van der Waals surface area contributed by atoms with Crippen molar-refractivity contribution in [2.24, 2.45) is 0 Å². The van der Waals surface area contributed by atoms with Gasteiger partial charge in [0.2, 0.25) is 0 Å². The Hall–Kier alpha value is -1.75. The molecule has 0 bridgehead atoms. The summed E-state index contributed by atoms with van der Waals surface area (Å²) < 4.78 is 1.74. The molecule has 13 heavy (non-hydrogen) atoms. The van der Waals surface area contributed by atoms with Crippen LogP contribution in [0.4, 0.5) is 0 Å². The van der Waals surface area contributed by atoms with Crippen LogP contribution in [0.25, 0.3) is 5.82 Å². The van der Waals surface area contributed by atoms with E-state index < -0.39 is 0 Å². The van der Waals surface area contributed by atoms with Gasteiger partial charge < -0.3 is 5.11 Å². The van der Waals surface area contributed by atoms with Crippen LogP contribution in [0.15, 0.2) is 31.1 Å². The number of aromatic nitrogens is 4. The maximum absolute atomic E-state index is 8.74. The van der Waals surface area contributed by atoms with Gasteiger partial charge >= 0.3 is 0 Å². The van der Waals surface area contributed by atoms with E-state index in [2.05, 4.69) is 15.0 Å². The number of aliphatic hydroxyl groups excluding tert-OH is 1. The molecule has 0 spiro atoms. The highest BCUT2D eigenvalue weighted by Gasteiger charge is 1.97. The first kappa shape index (κ1) is 7.88. The van der Waals surface area contributed by atoms with E-state index in [4.69, 9.17) is 5.11 Å². The summed E-state index contributed by atoms with van der Waals surface area (Å²) in [6.45, 7) is -0.0861. The zero-order valence-corrected chi connectivity index (χ0v) is 6.83. The largest absolute Gasteiger partial charge is 0.390 e. The molecule has 2 aromatic rings. The normalized spacial score (nSPS) is 10.2. The number of aliphatic hydroxyl groups is 1. The minimum Gasteiger partial charge on any atom is -0.390 e. The molecular weight excluding hydrogens is 168 g/mol. The van der Waals surface area contributed by atoms with Gasteiger partial charge in [-0.2, -0.15) is 0 Å². The predicted molar refractivity (Wildman–Crippen MR) is 45.1 cm³/mol. The van der Waals surface area contributed by atoms with E-state index in [0.29, 0.717) is 11.5 Å². The highest BCUT2D eigenvalue weighted by molar-refractivity contribution is 5.18. The van der Waals surface area contributed by atoms with Crippen molar-refractivity contribution in [1.82, 2.24) is 19.5 Å². The number of hydrogen-bond acceptors (Lipinski definition) is 4. The lowest BCUT2D eigenvalue weighted by Gasteiger charge is -1.99. The van der Waals surface area contributed by atoms with E-state index in [9.17, 15) is 0 Å². The van der Waals surface area contributed by atoms with E-state index >= 15 is 0 Å². The third kappa shape index (κ3) is 1.54. The van der Waals surface area contributed by atoms with Crippen LogP contribution in [0.5, 0.6) is 0 Å². The third-order valence-corrected chi connectivity index (χ3v) is 1.62. The van der Waals surface area contributed by atoms with Crippen LogP contribution >= 0.6 is 0 Å². The molecule has 0 aliphatic rings. The van der Waals surface area contributed by atoms with Crippen molar-refractivity contribution in [2.75, 3.05) is 0 Å². The van der Waals surface area contributed by atoms with Gasteiger partial charge in [0.25, 0.3) is 0 Å². The summed E-state index contributed by atoms with van der Waals surface area (Å²) in [5.41, 5.74) is 0.559. The second-order valence-electron chi connectivity index (χ2n) is 2.49. The fourth-order valence-electron chi connectivity index (χ4n) is 0.958. The Kier molecular flexibility index (Phi) is 2.01. The molecule has 0 radical (unpaired) electrons. The summed E-state index contributed by atoms with van der Waals surface area (Å²) in [7, 11) is 0. The highest BCUT2D eigenvalue weighted by atomic mass is 16.3. The van der Waals surface area contributed by atoms with Crippen LogP contribution in [0, 0.1) is 0 Å². The standard InChI is InChI=1S/C8H8N4O/c13-5-7-3-11-8(4-10-7)12-2-1-9-6-12/h1-4,6,13H,5H2. The topological polar surface area (TPSA) is 63.8 Å². The van der Waals surface area contributed by atoms with E-state index in [1.54, 1.807) is 29.5 Å². The molecule has 2 aromatic heterocycles. The lowest BCUT2D eigenvalue weighted by molar-refractivity contribution is 0.276. The molecule has 0 aromatic carbocycles. The van der Waals surface area contributed by atoms with Crippen LogP contribution in [-0.2, 0) is 6.61 Å². The Balaban J connectivity index is 2.33. The fourth-order valence-corrected chi connectivity index (χ4v) is 0.958. The monoisotopic (exact) mass is 176 g/mol. The molecule has 0 atom stereocenters. The third-order valence-electron chi connectivity index (χ3n) is 1.62. The fraction of sp³-hybridized carbons (Fsp3) is 0.125. The first-order chi connectivity index (χ1) is 6.40. The summed E-state index contributed by atoms with van der Waals surface area (Å²) in [6.07, 6.45) is 8.22. The van der Waals surface area contributed by atoms with Crippen LogP contribution < -0.4 is 0 Å². The summed E-state index contributed by atoms with van der Waals surface area (Å²) in [5.74, 6) is 0.690. The summed E-state index contributed by atoms with van der Waals surface area (Å²) in [6, 6.07) is 0. The van der Waals surface area contributed by atoms with Crippen molar-refractivity contribution >= 4 is 0 Å². The maximum atomic E-state index is 8.74. The van der Waals surface area contributed by atoms with Crippen molar-refractivity contribution in [1.29, 1.82) is 0 Å². The minimum absolute atomic E-state index is 0.0861. The number of nitrogens with zero attached hydrogens (tertiary/aromatic N) is 4. The Labute approximate surface area is 74.7 Å². The second kappa shape index (κ2) is 3.32. The van der Waals surface area contributed by atoms with Gasteiger partial charge in [0.05, 0.1) is 24.7 Å². The summed E-state index contributed by atoms with van der Waals surface area (Å²) in [4.78, 5) is 12.0. The zero-order valence-electron chi connectivity index (χ0n) is 6.83. The van der Waals surface area contributed by atoms with Gasteiger partial charge in [-0.05, 0) is 0 Å². The molecular formula is C8H8N4O. The number of imidazole rings is 1. The highest BCUT2D eigenvalue weighted by Crippen LogP contribution is 2.01.